The van der Waals surface area contributed by atoms with Gasteiger partial charge in [-0.15, -0.1) is 0 Å². The topological polar surface area (TPSA) is 46.2 Å². The predicted molar refractivity (Wildman–Crippen MR) is 79.9 cm³/mol. The summed E-state index contributed by atoms with van der Waals surface area (Å²) in [5, 5.41) is 0. The van der Waals surface area contributed by atoms with Crippen LogP contribution in [-0.4, -0.2) is 8.42 Å². The van der Waals surface area contributed by atoms with Gasteiger partial charge in [-0.1, -0.05) is 44.2 Å². The van der Waals surface area contributed by atoms with Crippen LogP contribution in [0.4, 0.5) is 5.69 Å². The Morgan fingerprint density at radius 1 is 1.00 bits per heavy atom. The van der Waals surface area contributed by atoms with Crippen molar-refractivity contribution >= 4 is 15.7 Å². The van der Waals surface area contributed by atoms with Crippen molar-refractivity contribution in [3.8, 4) is 0 Å². The van der Waals surface area contributed by atoms with Crippen molar-refractivity contribution in [2.75, 3.05) is 4.72 Å². The minimum Gasteiger partial charge on any atom is -0.280 e. The van der Waals surface area contributed by atoms with Crippen molar-refractivity contribution in [2.24, 2.45) is 0 Å². The van der Waals surface area contributed by atoms with Gasteiger partial charge in [0.1, 0.15) is 0 Å². The quantitative estimate of drug-likeness (QED) is 0.922. The van der Waals surface area contributed by atoms with Gasteiger partial charge in [-0.05, 0) is 35.7 Å². The molecule has 3 nitrogen and oxygen atoms in total. The summed E-state index contributed by atoms with van der Waals surface area (Å²) in [6, 6.07) is 15.9. The molecule has 0 heterocycles. The van der Waals surface area contributed by atoms with Crippen LogP contribution >= 0.6 is 0 Å². The smallest absolute Gasteiger partial charge is 0.261 e. The molecule has 0 radical (unpaired) electrons. The number of rotatable bonds is 4. The number of anilines is 1. The van der Waals surface area contributed by atoms with Gasteiger partial charge >= 0.3 is 0 Å². The molecule has 4 heteroatoms. The molecule has 2 rings (SSSR count). The van der Waals surface area contributed by atoms with Crippen LogP contribution in [0.1, 0.15) is 26.8 Å². The maximum Gasteiger partial charge on any atom is 0.261 e. The maximum absolute atomic E-state index is 12.3. The van der Waals surface area contributed by atoms with E-state index in [1.165, 1.54) is 0 Å². The second-order valence-corrected chi connectivity index (χ2v) is 6.38. The Labute approximate surface area is 115 Å². The number of sulfonamides is 1. The van der Waals surface area contributed by atoms with Crippen molar-refractivity contribution in [1.82, 2.24) is 0 Å². The summed E-state index contributed by atoms with van der Waals surface area (Å²) in [6.07, 6.45) is 0. The Hall–Kier alpha value is -1.81. The van der Waals surface area contributed by atoms with E-state index < -0.39 is 10.0 Å². The summed E-state index contributed by atoms with van der Waals surface area (Å²) < 4.78 is 27.1. The SMILES string of the molecule is CC(C)c1cccc(S(=O)(=O)Nc2ccccc2)c1.[HH]. The maximum atomic E-state index is 12.3. The molecule has 0 fully saturated rings. The van der Waals surface area contributed by atoms with Crippen molar-refractivity contribution < 1.29 is 9.84 Å². The molecule has 0 aromatic heterocycles. The van der Waals surface area contributed by atoms with E-state index in [2.05, 4.69) is 4.72 Å². The van der Waals surface area contributed by atoms with Gasteiger partial charge in [0.2, 0.25) is 0 Å². The molecule has 0 atom stereocenters. The lowest BCUT2D eigenvalue weighted by Crippen LogP contribution is -2.13. The Morgan fingerprint density at radius 3 is 2.32 bits per heavy atom. The molecule has 0 saturated carbocycles. The number of hydrogen-bond donors (Lipinski definition) is 1. The van der Waals surface area contributed by atoms with Gasteiger partial charge in [0.15, 0.2) is 0 Å². The Balaban J connectivity index is 0.00000200. The van der Waals surface area contributed by atoms with Crippen LogP contribution < -0.4 is 4.72 Å². The third-order valence-corrected chi connectivity index (χ3v) is 4.24. The average Bonchev–Trinajstić information content (AvgIpc) is 2.39. The van der Waals surface area contributed by atoms with Gasteiger partial charge < -0.3 is 0 Å². The lowest BCUT2D eigenvalue weighted by molar-refractivity contribution is 0.601. The van der Waals surface area contributed by atoms with Crippen molar-refractivity contribution in [1.29, 1.82) is 0 Å². The Bertz CT molecular complexity index is 655. The van der Waals surface area contributed by atoms with Crippen LogP contribution in [0.3, 0.4) is 0 Å². The monoisotopic (exact) mass is 277 g/mol. The summed E-state index contributed by atoms with van der Waals surface area (Å²) in [6.45, 7) is 4.08. The summed E-state index contributed by atoms with van der Waals surface area (Å²) in [7, 11) is -3.52. The van der Waals surface area contributed by atoms with Crippen LogP contribution in [0.25, 0.3) is 0 Å². The van der Waals surface area contributed by atoms with E-state index in [0.717, 1.165) is 5.56 Å². The highest BCUT2D eigenvalue weighted by molar-refractivity contribution is 7.92. The first-order chi connectivity index (χ1) is 8.99. The van der Waals surface area contributed by atoms with E-state index in [0.29, 0.717) is 16.5 Å². The molecule has 0 amide bonds. The molecule has 2 aromatic rings. The van der Waals surface area contributed by atoms with E-state index in [9.17, 15) is 8.42 Å². The molecule has 19 heavy (non-hydrogen) atoms. The first kappa shape index (κ1) is 13.6. The predicted octanol–water partition coefficient (Wildman–Crippen LogP) is 3.86. The van der Waals surface area contributed by atoms with Crippen LogP contribution in [0.5, 0.6) is 0 Å². The zero-order valence-electron chi connectivity index (χ0n) is 11.0. The molecule has 2 aromatic carbocycles. The van der Waals surface area contributed by atoms with Gasteiger partial charge in [0.05, 0.1) is 4.90 Å². The van der Waals surface area contributed by atoms with Gasteiger partial charge in [-0.3, -0.25) is 4.72 Å². The summed E-state index contributed by atoms with van der Waals surface area (Å²) >= 11 is 0. The third kappa shape index (κ3) is 3.35. The minimum atomic E-state index is -3.52. The lowest BCUT2D eigenvalue weighted by atomic mass is 10.0. The Morgan fingerprint density at radius 2 is 1.68 bits per heavy atom. The standard InChI is InChI=1S/C15H17NO2S.H2/c1-12(2)13-7-6-10-15(11-13)19(17,18)16-14-8-4-3-5-9-14;/h3-12,16H,1-2H3;1H. The Kier molecular flexibility index (Phi) is 3.90. The lowest BCUT2D eigenvalue weighted by Gasteiger charge is -2.10. The summed E-state index contributed by atoms with van der Waals surface area (Å²) in [4.78, 5) is 0.294. The largest absolute Gasteiger partial charge is 0.280 e. The highest BCUT2D eigenvalue weighted by Gasteiger charge is 2.14. The molecule has 1 N–H and O–H groups in total. The fourth-order valence-corrected chi connectivity index (χ4v) is 2.87. The fraction of sp³-hybridized carbons (Fsp3) is 0.200. The highest BCUT2D eigenvalue weighted by atomic mass is 32.2. The van der Waals surface area contributed by atoms with Crippen LogP contribution in [0, 0.1) is 0 Å². The minimum absolute atomic E-state index is 0. The van der Waals surface area contributed by atoms with E-state index in [1.807, 2.05) is 26.0 Å². The second kappa shape index (κ2) is 5.45. The van der Waals surface area contributed by atoms with E-state index in [1.54, 1.807) is 42.5 Å². The van der Waals surface area contributed by atoms with Crippen molar-refractivity contribution in [3.05, 3.63) is 60.2 Å². The highest BCUT2D eigenvalue weighted by Crippen LogP contribution is 2.20. The molecule has 0 bridgehead atoms. The van der Waals surface area contributed by atoms with E-state index in [4.69, 9.17) is 0 Å². The molecule has 102 valence electrons. The first-order valence-corrected chi connectivity index (χ1v) is 7.65. The molecule has 0 aliphatic heterocycles. The van der Waals surface area contributed by atoms with Crippen LogP contribution in [0.2, 0.25) is 0 Å². The van der Waals surface area contributed by atoms with Gasteiger partial charge in [-0.2, -0.15) is 0 Å². The number of benzene rings is 2. The van der Waals surface area contributed by atoms with E-state index in [-0.39, 0.29) is 1.43 Å². The van der Waals surface area contributed by atoms with Crippen LogP contribution in [-0.2, 0) is 10.0 Å². The van der Waals surface area contributed by atoms with Gasteiger partial charge in [0, 0.05) is 7.11 Å². The van der Waals surface area contributed by atoms with Gasteiger partial charge in [-0.25, -0.2) is 8.42 Å². The zero-order chi connectivity index (χ0) is 13.9. The molecule has 0 saturated heterocycles. The number of para-hydroxylation sites is 1. The number of hydrogen-bond acceptors (Lipinski definition) is 2. The average molecular weight is 277 g/mol. The molecule has 0 spiro atoms. The third-order valence-electron chi connectivity index (χ3n) is 2.86. The summed E-state index contributed by atoms with van der Waals surface area (Å²) in [5.74, 6) is 0.298. The second-order valence-electron chi connectivity index (χ2n) is 4.70. The molecule has 0 aliphatic carbocycles. The van der Waals surface area contributed by atoms with Crippen molar-refractivity contribution in [2.45, 2.75) is 24.7 Å². The van der Waals surface area contributed by atoms with Crippen molar-refractivity contribution in [3.63, 3.8) is 0 Å². The fourth-order valence-electron chi connectivity index (χ4n) is 1.76. The normalized spacial score (nSPS) is 11.5. The van der Waals surface area contributed by atoms with E-state index >= 15 is 0 Å². The first-order valence-electron chi connectivity index (χ1n) is 6.17. The zero-order valence-corrected chi connectivity index (χ0v) is 11.8. The molecule has 0 unspecified atom stereocenters. The molecular formula is C15H19NO2S. The summed E-state index contributed by atoms with van der Waals surface area (Å²) in [5.41, 5.74) is 1.58. The number of nitrogens with one attached hydrogen (secondary N) is 1. The van der Waals surface area contributed by atoms with Crippen LogP contribution in [0.15, 0.2) is 59.5 Å². The molecular weight excluding hydrogens is 258 g/mol. The molecule has 0 aliphatic rings. The van der Waals surface area contributed by atoms with Gasteiger partial charge in [0.25, 0.3) is 10.0 Å².